The van der Waals surface area contributed by atoms with Crippen molar-refractivity contribution in [3.8, 4) is 0 Å². The number of aryl methyl sites for hydroxylation is 1. The van der Waals surface area contributed by atoms with Crippen LogP contribution in [0.1, 0.15) is 30.0 Å². The summed E-state index contributed by atoms with van der Waals surface area (Å²) in [5.41, 5.74) is 9.06. The minimum atomic E-state index is 0.228. The average Bonchev–Trinajstić information content (AvgIpc) is 3.12. The highest BCUT2D eigenvalue weighted by Crippen LogP contribution is 2.42. The van der Waals surface area contributed by atoms with E-state index in [1.807, 2.05) is 0 Å². The first-order valence-corrected chi connectivity index (χ1v) is 6.01. The van der Waals surface area contributed by atoms with E-state index in [0.717, 1.165) is 0 Å². The Balaban J connectivity index is 2.23. The van der Waals surface area contributed by atoms with Gasteiger partial charge in [-0.3, -0.25) is 0 Å². The van der Waals surface area contributed by atoms with Crippen LogP contribution in [0, 0.1) is 12.8 Å². The Morgan fingerprint density at radius 2 is 1.88 bits per heavy atom. The summed E-state index contributed by atoms with van der Waals surface area (Å²) in [5, 5.41) is 2.64. The van der Waals surface area contributed by atoms with Crippen molar-refractivity contribution >= 4 is 10.8 Å². The molecule has 16 heavy (non-hydrogen) atoms. The van der Waals surface area contributed by atoms with Gasteiger partial charge in [0.25, 0.3) is 0 Å². The second-order valence-corrected chi connectivity index (χ2v) is 4.88. The van der Waals surface area contributed by atoms with Gasteiger partial charge >= 0.3 is 0 Å². The van der Waals surface area contributed by atoms with Gasteiger partial charge in [-0.1, -0.05) is 36.4 Å². The molecule has 1 heteroatoms. The van der Waals surface area contributed by atoms with E-state index in [1.165, 1.54) is 34.7 Å². The van der Waals surface area contributed by atoms with E-state index in [9.17, 15) is 0 Å². The van der Waals surface area contributed by atoms with Crippen LogP contribution >= 0.6 is 0 Å². The normalized spacial score (nSPS) is 17.6. The Labute approximate surface area is 96.3 Å². The number of fused-ring (bicyclic) bond motifs is 1. The standard InChI is InChI=1S/C15H17N/c1-10-6-7-11-4-2-3-5-13(11)14(10)15(16)12-8-9-12/h2-7,12,15H,8-9,16H2,1H3. The predicted molar refractivity (Wildman–Crippen MR) is 68.3 cm³/mol. The van der Waals surface area contributed by atoms with Crippen molar-refractivity contribution in [3.63, 3.8) is 0 Å². The van der Waals surface area contributed by atoms with Crippen LogP contribution in [-0.2, 0) is 0 Å². The van der Waals surface area contributed by atoms with Gasteiger partial charge in [0.2, 0.25) is 0 Å². The zero-order chi connectivity index (χ0) is 11.1. The molecule has 0 spiro atoms. The predicted octanol–water partition coefficient (Wildman–Crippen LogP) is 3.56. The van der Waals surface area contributed by atoms with Crippen LogP contribution < -0.4 is 5.73 Å². The second-order valence-electron chi connectivity index (χ2n) is 4.88. The first kappa shape index (κ1) is 9.86. The Bertz CT molecular complexity index is 526. The van der Waals surface area contributed by atoms with E-state index in [1.54, 1.807) is 0 Å². The third-order valence-electron chi connectivity index (χ3n) is 3.65. The van der Waals surface area contributed by atoms with Crippen LogP contribution in [0.15, 0.2) is 36.4 Å². The van der Waals surface area contributed by atoms with Crippen molar-refractivity contribution in [1.29, 1.82) is 0 Å². The first-order valence-electron chi connectivity index (χ1n) is 6.01. The largest absolute Gasteiger partial charge is 0.324 e. The number of nitrogens with two attached hydrogens (primary N) is 1. The smallest absolute Gasteiger partial charge is 0.0332 e. The topological polar surface area (TPSA) is 26.0 Å². The van der Waals surface area contributed by atoms with Crippen molar-refractivity contribution in [3.05, 3.63) is 47.5 Å². The van der Waals surface area contributed by atoms with Gasteiger partial charge in [0.05, 0.1) is 0 Å². The van der Waals surface area contributed by atoms with Gasteiger partial charge in [-0.2, -0.15) is 0 Å². The SMILES string of the molecule is Cc1ccc2ccccc2c1C(N)C1CC1. The zero-order valence-electron chi connectivity index (χ0n) is 9.61. The summed E-state index contributed by atoms with van der Waals surface area (Å²) < 4.78 is 0. The van der Waals surface area contributed by atoms with Crippen molar-refractivity contribution in [1.82, 2.24) is 0 Å². The third-order valence-corrected chi connectivity index (χ3v) is 3.65. The first-order chi connectivity index (χ1) is 7.77. The molecule has 0 saturated heterocycles. The fraction of sp³-hybridized carbons (Fsp3) is 0.333. The summed E-state index contributed by atoms with van der Waals surface area (Å²) in [7, 11) is 0. The molecule has 0 bridgehead atoms. The Kier molecular flexibility index (Phi) is 2.22. The third kappa shape index (κ3) is 1.52. The maximum Gasteiger partial charge on any atom is 0.0332 e. The molecule has 2 aromatic carbocycles. The Morgan fingerprint density at radius 1 is 1.12 bits per heavy atom. The van der Waals surface area contributed by atoms with Gasteiger partial charge in [-0.05, 0) is 47.6 Å². The van der Waals surface area contributed by atoms with Crippen molar-refractivity contribution in [2.24, 2.45) is 11.7 Å². The molecule has 1 aliphatic carbocycles. The number of hydrogen-bond donors (Lipinski definition) is 1. The van der Waals surface area contributed by atoms with E-state index < -0.39 is 0 Å². The molecular weight excluding hydrogens is 194 g/mol. The van der Waals surface area contributed by atoms with E-state index in [4.69, 9.17) is 5.73 Å². The zero-order valence-corrected chi connectivity index (χ0v) is 9.61. The highest BCUT2D eigenvalue weighted by atomic mass is 14.7. The van der Waals surface area contributed by atoms with E-state index >= 15 is 0 Å². The fourth-order valence-electron chi connectivity index (χ4n) is 2.54. The summed E-state index contributed by atoms with van der Waals surface area (Å²) in [6, 6.07) is 13.2. The van der Waals surface area contributed by atoms with Crippen molar-refractivity contribution < 1.29 is 0 Å². The van der Waals surface area contributed by atoms with Gasteiger partial charge in [0.1, 0.15) is 0 Å². The minimum absolute atomic E-state index is 0.228. The fourth-order valence-corrected chi connectivity index (χ4v) is 2.54. The molecule has 2 aromatic rings. The van der Waals surface area contributed by atoms with Crippen LogP contribution in [0.5, 0.6) is 0 Å². The van der Waals surface area contributed by atoms with Crippen LogP contribution in [0.2, 0.25) is 0 Å². The lowest BCUT2D eigenvalue weighted by Crippen LogP contribution is -2.14. The van der Waals surface area contributed by atoms with Crippen molar-refractivity contribution in [2.75, 3.05) is 0 Å². The molecule has 82 valence electrons. The molecule has 0 aliphatic heterocycles. The number of hydrogen-bond acceptors (Lipinski definition) is 1. The second kappa shape index (κ2) is 3.60. The van der Waals surface area contributed by atoms with Crippen LogP contribution in [0.25, 0.3) is 10.8 Å². The highest BCUT2D eigenvalue weighted by molar-refractivity contribution is 5.87. The van der Waals surface area contributed by atoms with Gasteiger partial charge in [0, 0.05) is 6.04 Å². The molecule has 2 N–H and O–H groups in total. The Hall–Kier alpha value is -1.34. The lowest BCUT2D eigenvalue weighted by Gasteiger charge is -2.17. The van der Waals surface area contributed by atoms with Gasteiger partial charge in [-0.15, -0.1) is 0 Å². The summed E-state index contributed by atoms with van der Waals surface area (Å²) >= 11 is 0. The average molecular weight is 211 g/mol. The molecule has 3 rings (SSSR count). The quantitative estimate of drug-likeness (QED) is 0.807. The molecular formula is C15H17N. The molecule has 1 unspecified atom stereocenters. The highest BCUT2D eigenvalue weighted by Gasteiger charge is 2.31. The van der Waals surface area contributed by atoms with E-state index in [-0.39, 0.29) is 6.04 Å². The molecule has 0 aromatic heterocycles. The summed E-state index contributed by atoms with van der Waals surface area (Å²) in [5.74, 6) is 0.713. The number of rotatable bonds is 2. The maximum absolute atomic E-state index is 6.37. The van der Waals surface area contributed by atoms with Crippen LogP contribution in [0.3, 0.4) is 0 Å². The lowest BCUT2D eigenvalue weighted by atomic mass is 9.92. The molecule has 0 radical (unpaired) electrons. The van der Waals surface area contributed by atoms with Crippen molar-refractivity contribution in [2.45, 2.75) is 25.8 Å². The lowest BCUT2D eigenvalue weighted by molar-refractivity contribution is 0.635. The Morgan fingerprint density at radius 3 is 2.62 bits per heavy atom. The molecule has 1 nitrogen and oxygen atoms in total. The molecule has 1 atom stereocenters. The molecule has 1 fully saturated rings. The monoisotopic (exact) mass is 211 g/mol. The molecule has 0 heterocycles. The van der Waals surface area contributed by atoms with Gasteiger partial charge < -0.3 is 5.73 Å². The molecule has 0 amide bonds. The van der Waals surface area contributed by atoms with Crippen LogP contribution in [-0.4, -0.2) is 0 Å². The van der Waals surface area contributed by atoms with E-state index in [2.05, 4.69) is 43.3 Å². The van der Waals surface area contributed by atoms with E-state index in [0.29, 0.717) is 5.92 Å². The molecule has 1 aliphatic rings. The van der Waals surface area contributed by atoms with Gasteiger partial charge in [-0.25, -0.2) is 0 Å². The number of benzene rings is 2. The maximum atomic E-state index is 6.37. The molecule has 1 saturated carbocycles. The summed E-state index contributed by atoms with van der Waals surface area (Å²) in [6.07, 6.45) is 2.59. The summed E-state index contributed by atoms with van der Waals surface area (Å²) in [4.78, 5) is 0. The minimum Gasteiger partial charge on any atom is -0.324 e. The van der Waals surface area contributed by atoms with Gasteiger partial charge in [0.15, 0.2) is 0 Å². The summed E-state index contributed by atoms with van der Waals surface area (Å²) in [6.45, 7) is 2.17. The van der Waals surface area contributed by atoms with Crippen LogP contribution in [0.4, 0.5) is 0 Å².